The number of hydrogen-bond acceptors (Lipinski definition) is 9. The van der Waals surface area contributed by atoms with Crippen LogP contribution in [0.15, 0.2) is 29.8 Å². The number of ketones is 2. The summed E-state index contributed by atoms with van der Waals surface area (Å²) in [7, 11) is 0. The molecule has 0 radical (unpaired) electrons. The molecule has 1 aromatic rings. The van der Waals surface area contributed by atoms with Gasteiger partial charge in [0.15, 0.2) is 12.0 Å². The first-order valence-electron chi connectivity index (χ1n) is 12.1. The molecule has 11 heteroatoms. The Labute approximate surface area is 219 Å². The largest absolute Gasteiger partial charge is 0.439 e. The Morgan fingerprint density at radius 2 is 2.00 bits per heavy atom. The minimum atomic E-state index is -1.08. The molecule has 2 fully saturated rings. The highest BCUT2D eigenvalue weighted by Crippen LogP contribution is 2.29. The van der Waals surface area contributed by atoms with E-state index in [4.69, 9.17) is 32.8 Å². The van der Waals surface area contributed by atoms with Crippen LogP contribution in [0.25, 0.3) is 0 Å². The fraction of sp³-hybridized carbons (Fsp3) is 0.520. The molecule has 3 aliphatic heterocycles. The van der Waals surface area contributed by atoms with E-state index in [1.807, 2.05) is 6.92 Å². The number of nitrogens with zero attached hydrogens (tertiary/aromatic N) is 2. The van der Waals surface area contributed by atoms with E-state index in [1.54, 1.807) is 23.1 Å². The van der Waals surface area contributed by atoms with Gasteiger partial charge >= 0.3 is 11.9 Å². The predicted octanol–water partition coefficient (Wildman–Crippen LogP) is 2.34. The highest BCUT2D eigenvalue weighted by atomic mass is 35.5. The van der Waals surface area contributed by atoms with Crippen molar-refractivity contribution in [1.82, 2.24) is 15.3 Å². The third-order valence-electron chi connectivity index (χ3n) is 6.61. The standard InChI is InChI=1S/C25H29Cl2N3O6/c1-2-3-20(31)16-6-8-29(14-16)24(21(32)11-15-4-5-18(26)19(27)10-15)17-12-23(33)35-22-13-28-7-9-30(22)36-25(17)34/h4-5,10,12,16,22,24,28H,2-3,6-9,11,13-14H2,1H3/b17-12-. The molecule has 36 heavy (non-hydrogen) atoms. The van der Waals surface area contributed by atoms with Crippen molar-refractivity contribution in [1.29, 1.82) is 0 Å². The van der Waals surface area contributed by atoms with Gasteiger partial charge in [0, 0.05) is 44.5 Å². The van der Waals surface area contributed by atoms with E-state index < -0.39 is 24.2 Å². The van der Waals surface area contributed by atoms with Gasteiger partial charge in [-0.3, -0.25) is 14.5 Å². The van der Waals surface area contributed by atoms with Crippen LogP contribution in [0.3, 0.4) is 0 Å². The molecule has 1 N–H and O–H groups in total. The third-order valence-corrected chi connectivity index (χ3v) is 7.35. The molecular formula is C25H29Cl2N3O6. The van der Waals surface area contributed by atoms with E-state index in [-0.39, 0.29) is 29.5 Å². The lowest BCUT2D eigenvalue weighted by atomic mass is 9.95. The number of piperazine rings is 1. The molecule has 3 heterocycles. The molecular weight excluding hydrogens is 509 g/mol. The summed E-state index contributed by atoms with van der Waals surface area (Å²) in [5, 5.41) is 5.07. The molecule has 194 valence electrons. The Morgan fingerprint density at radius 1 is 1.19 bits per heavy atom. The van der Waals surface area contributed by atoms with E-state index >= 15 is 0 Å². The number of nitrogens with one attached hydrogen (secondary N) is 1. The van der Waals surface area contributed by atoms with E-state index in [9.17, 15) is 19.2 Å². The fourth-order valence-corrected chi connectivity index (χ4v) is 5.15. The lowest BCUT2D eigenvalue weighted by Crippen LogP contribution is -2.55. The zero-order valence-corrected chi connectivity index (χ0v) is 21.5. The van der Waals surface area contributed by atoms with Crippen LogP contribution < -0.4 is 5.32 Å². The molecule has 0 amide bonds. The topological polar surface area (TPSA) is 105 Å². The second kappa shape index (κ2) is 11.8. The summed E-state index contributed by atoms with van der Waals surface area (Å²) in [5.74, 6) is -1.95. The van der Waals surface area contributed by atoms with Crippen molar-refractivity contribution in [2.24, 2.45) is 5.92 Å². The first-order valence-corrected chi connectivity index (χ1v) is 12.9. The smallest absolute Gasteiger partial charge is 0.355 e. The summed E-state index contributed by atoms with van der Waals surface area (Å²) in [6.45, 7) is 3.87. The van der Waals surface area contributed by atoms with Crippen LogP contribution in [0.4, 0.5) is 0 Å². The zero-order chi connectivity index (χ0) is 25.8. The van der Waals surface area contributed by atoms with Gasteiger partial charge in [-0.15, -0.1) is 0 Å². The summed E-state index contributed by atoms with van der Waals surface area (Å²) < 4.78 is 5.46. The van der Waals surface area contributed by atoms with Gasteiger partial charge in [0.1, 0.15) is 11.8 Å². The van der Waals surface area contributed by atoms with Crippen LogP contribution in [0.2, 0.25) is 10.0 Å². The number of carbonyl (C=O) groups excluding carboxylic acids is 4. The lowest BCUT2D eigenvalue weighted by Gasteiger charge is -2.36. The highest BCUT2D eigenvalue weighted by molar-refractivity contribution is 6.42. The molecule has 9 nitrogen and oxygen atoms in total. The molecule has 0 bridgehead atoms. The van der Waals surface area contributed by atoms with E-state index in [0.29, 0.717) is 61.2 Å². The van der Waals surface area contributed by atoms with Crippen molar-refractivity contribution >= 4 is 46.7 Å². The molecule has 0 aromatic heterocycles. The lowest BCUT2D eigenvalue weighted by molar-refractivity contribution is -0.244. The van der Waals surface area contributed by atoms with Crippen molar-refractivity contribution in [2.45, 2.75) is 44.9 Å². The Bertz CT molecular complexity index is 1080. The maximum absolute atomic E-state index is 13.7. The van der Waals surface area contributed by atoms with Gasteiger partial charge < -0.3 is 14.9 Å². The van der Waals surface area contributed by atoms with Crippen LogP contribution in [-0.4, -0.2) is 78.5 Å². The fourth-order valence-electron chi connectivity index (χ4n) is 4.83. The van der Waals surface area contributed by atoms with Crippen LogP contribution in [0, 0.1) is 5.92 Å². The van der Waals surface area contributed by atoms with Crippen molar-refractivity contribution in [3.8, 4) is 0 Å². The van der Waals surface area contributed by atoms with Crippen molar-refractivity contribution < 1.29 is 28.8 Å². The maximum Gasteiger partial charge on any atom is 0.355 e. The van der Waals surface area contributed by atoms with Crippen molar-refractivity contribution in [2.75, 3.05) is 32.7 Å². The molecule has 3 unspecified atom stereocenters. The number of hydroxylamine groups is 2. The number of ether oxygens (including phenoxy) is 1. The van der Waals surface area contributed by atoms with Gasteiger partial charge in [0.2, 0.25) is 0 Å². The minimum Gasteiger partial charge on any atom is -0.439 e. The van der Waals surface area contributed by atoms with Crippen molar-refractivity contribution in [3.63, 3.8) is 0 Å². The molecule has 2 saturated heterocycles. The Morgan fingerprint density at radius 3 is 2.75 bits per heavy atom. The summed E-state index contributed by atoms with van der Waals surface area (Å²) in [6, 6.07) is 3.80. The van der Waals surface area contributed by atoms with Crippen LogP contribution in [0.5, 0.6) is 0 Å². The van der Waals surface area contributed by atoms with E-state index in [2.05, 4.69) is 5.32 Å². The van der Waals surface area contributed by atoms with Crippen LogP contribution in [0.1, 0.15) is 31.7 Å². The second-order valence-electron chi connectivity index (χ2n) is 9.21. The van der Waals surface area contributed by atoms with Gasteiger partial charge in [-0.05, 0) is 37.1 Å². The average molecular weight is 538 g/mol. The van der Waals surface area contributed by atoms with Gasteiger partial charge in [-0.25, -0.2) is 9.59 Å². The molecule has 4 rings (SSSR count). The monoisotopic (exact) mass is 537 g/mol. The number of halogens is 2. The quantitative estimate of drug-likeness (QED) is 0.500. The number of likely N-dealkylation sites (tertiary alicyclic amines) is 1. The normalized spacial score (nSPS) is 25.6. The van der Waals surface area contributed by atoms with Crippen molar-refractivity contribution in [3.05, 3.63) is 45.5 Å². The summed E-state index contributed by atoms with van der Waals surface area (Å²) >= 11 is 12.1. The predicted molar refractivity (Wildman–Crippen MR) is 132 cm³/mol. The summed E-state index contributed by atoms with van der Waals surface area (Å²) in [4.78, 5) is 59.6. The first kappa shape index (κ1) is 26.8. The van der Waals surface area contributed by atoms with Gasteiger partial charge in [-0.2, -0.15) is 0 Å². The Balaban J connectivity index is 1.64. The van der Waals surface area contributed by atoms with Crippen LogP contribution in [-0.2, 0) is 35.2 Å². The number of rotatable bonds is 8. The van der Waals surface area contributed by atoms with Crippen LogP contribution >= 0.6 is 23.2 Å². The van der Waals surface area contributed by atoms with E-state index in [1.165, 1.54) is 5.06 Å². The zero-order valence-electron chi connectivity index (χ0n) is 20.0. The second-order valence-corrected chi connectivity index (χ2v) is 10.0. The molecule has 3 atom stereocenters. The molecule has 0 spiro atoms. The number of benzene rings is 1. The molecule has 1 aromatic carbocycles. The highest BCUT2D eigenvalue weighted by Gasteiger charge is 2.42. The van der Waals surface area contributed by atoms with Gasteiger partial charge in [0.25, 0.3) is 0 Å². The summed E-state index contributed by atoms with van der Waals surface area (Å²) in [5.41, 5.74) is 0.507. The number of esters is 1. The number of fused-ring (bicyclic) bond motifs is 1. The average Bonchev–Trinajstić information content (AvgIpc) is 3.31. The summed E-state index contributed by atoms with van der Waals surface area (Å²) in [6.07, 6.45) is 2.02. The number of carbonyl (C=O) groups is 4. The van der Waals surface area contributed by atoms with E-state index in [0.717, 1.165) is 12.5 Å². The third kappa shape index (κ3) is 6.15. The molecule has 0 saturated carbocycles. The molecule has 3 aliphatic rings. The minimum absolute atomic E-state index is 0.0540. The molecule has 0 aliphatic carbocycles. The SMILES string of the molecule is CCCC(=O)C1CCN(C(C(=O)Cc2ccc(Cl)c(Cl)c2)/C2=C/C(=O)OC3CNCCN3OC2=O)C1. The van der Waals surface area contributed by atoms with Gasteiger partial charge in [0.05, 0.1) is 22.2 Å². The first-order chi connectivity index (χ1) is 17.3. The number of Topliss-reactive ketones (excluding diaryl/α,β-unsaturated/α-hetero) is 2. The maximum atomic E-state index is 13.7. The Kier molecular flexibility index (Phi) is 8.79. The Hall–Kier alpha value is -2.30. The number of hydrogen-bond donors (Lipinski definition) is 1. The van der Waals surface area contributed by atoms with Gasteiger partial charge in [-0.1, -0.05) is 41.3 Å².